The monoisotopic (exact) mass is 265 g/mol. The first-order chi connectivity index (χ1) is 7.22. The summed E-state index contributed by atoms with van der Waals surface area (Å²) in [5.41, 5.74) is 2.22. The van der Waals surface area contributed by atoms with Crippen molar-refractivity contribution in [1.29, 1.82) is 0 Å². The van der Waals surface area contributed by atoms with Crippen molar-refractivity contribution in [3.63, 3.8) is 0 Å². The van der Waals surface area contributed by atoms with Gasteiger partial charge in [0.25, 0.3) is 0 Å². The maximum absolute atomic E-state index is 5.07. The van der Waals surface area contributed by atoms with Gasteiger partial charge in [-0.2, -0.15) is 0 Å². The molecule has 0 saturated carbocycles. The van der Waals surface area contributed by atoms with E-state index in [0.29, 0.717) is 6.61 Å². The molecule has 0 aliphatic rings. The Kier molecular flexibility index (Phi) is 3.03. The Morgan fingerprint density at radius 1 is 1.33 bits per heavy atom. The maximum atomic E-state index is 5.07. The summed E-state index contributed by atoms with van der Waals surface area (Å²) in [5.74, 6) is 0. The smallest absolute Gasteiger partial charge is 0.0884 e. The second kappa shape index (κ2) is 4.29. The molecule has 0 saturated heterocycles. The molecule has 3 heteroatoms. The molecule has 0 radical (unpaired) electrons. The summed E-state index contributed by atoms with van der Waals surface area (Å²) in [6, 6.07) is 6.23. The molecular formula is C12H12BrNO. The van der Waals surface area contributed by atoms with Gasteiger partial charge in [-0.3, -0.25) is 4.98 Å². The Hall–Kier alpha value is -0.930. The van der Waals surface area contributed by atoms with Crippen molar-refractivity contribution in [3.8, 4) is 0 Å². The predicted molar refractivity (Wildman–Crippen MR) is 64.9 cm³/mol. The number of methoxy groups -OCH3 is 1. The molecule has 0 bridgehead atoms. The fraction of sp³-hybridized carbons (Fsp3) is 0.250. The lowest BCUT2D eigenvalue weighted by molar-refractivity contribution is 0.181. The Morgan fingerprint density at radius 2 is 2.13 bits per heavy atom. The van der Waals surface area contributed by atoms with Gasteiger partial charge in [0.1, 0.15) is 0 Å². The number of nitrogens with zero attached hydrogens (tertiary/aromatic N) is 1. The molecule has 2 aromatic rings. The van der Waals surface area contributed by atoms with Gasteiger partial charge < -0.3 is 4.74 Å². The largest absolute Gasteiger partial charge is 0.378 e. The van der Waals surface area contributed by atoms with E-state index < -0.39 is 0 Å². The van der Waals surface area contributed by atoms with Crippen LogP contribution in [0.3, 0.4) is 0 Å². The first-order valence-corrected chi connectivity index (χ1v) is 5.54. The van der Waals surface area contributed by atoms with E-state index in [9.17, 15) is 0 Å². The summed E-state index contributed by atoms with van der Waals surface area (Å²) >= 11 is 3.52. The average molecular weight is 266 g/mol. The lowest BCUT2D eigenvalue weighted by atomic mass is 10.1. The number of aryl methyl sites for hydroxylation is 1. The fourth-order valence-electron chi connectivity index (χ4n) is 1.62. The summed E-state index contributed by atoms with van der Waals surface area (Å²) < 4.78 is 6.16. The fourth-order valence-corrected chi connectivity index (χ4v) is 2.07. The summed E-state index contributed by atoms with van der Waals surface area (Å²) in [5, 5.41) is 2.38. The SMILES string of the molecule is COCc1cc2c(C)ccc(Br)c2cn1. The molecule has 0 N–H and O–H groups in total. The minimum absolute atomic E-state index is 0.557. The van der Waals surface area contributed by atoms with Crippen LogP contribution < -0.4 is 0 Å². The highest BCUT2D eigenvalue weighted by Gasteiger charge is 2.03. The molecule has 1 heterocycles. The number of hydrogen-bond acceptors (Lipinski definition) is 2. The third kappa shape index (κ3) is 2.03. The van der Waals surface area contributed by atoms with Crippen LogP contribution in [-0.2, 0) is 11.3 Å². The molecule has 15 heavy (non-hydrogen) atoms. The van der Waals surface area contributed by atoms with E-state index in [0.717, 1.165) is 15.6 Å². The quantitative estimate of drug-likeness (QED) is 0.830. The number of pyridine rings is 1. The first-order valence-electron chi connectivity index (χ1n) is 4.75. The highest BCUT2D eigenvalue weighted by Crippen LogP contribution is 2.26. The van der Waals surface area contributed by atoms with Crippen molar-refractivity contribution < 1.29 is 4.74 Å². The second-order valence-electron chi connectivity index (χ2n) is 3.52. The first kappa shape index (κ1) is 10.6. The topological polar surface area (TPSA) is 22.1 Å². The van der Waals surface area contributed by atoms with Gasteiger partial charge >= 0.3 is 0 Å². The van der Waals surface area contributed by atoms with E-state index in [-0.39, 0.29) is 0 Å². The zero-order valence-corrected chi connectivity index (χ0v) is 10.3. The van der Waals surface area contributed by atoms with Gasteiger partial charge in [-0.15, -0.1) is 0 Å². The van der Waals surface area contributed by atoms with Gasteiger partial charge in [0.2, 0.25) is 0 Å². The molecule has 0 unspecified atom stereocenters. The second-order valence-corrected chi connectivity index (χ2v) is 4.37. The number of rotatable bonds is 2. The molecule has 0 amide bonds. The number of halogens is 1. The lowest BCUT2D eigenvalue weighted by Crippen LogP contribution is -1.92. The highest BCUT2D eigenvalue weighted by atomic mass is 79.9. The third-order valence-corrected chi connectivity index (χ3v) is 3.11. The molecular weight excluding hydrogens is 254 g/mol. The molecule has 0 aliphatic carbocycles. The summed E-state index contributed by atoms with van der Waals surface area (Å²) in [7, 11) is 1.68. The van der Waals surface area contributed by atoms with Crippen molar-refractivity contribution in [2.24, 2.45) is 0 Å². The standard InChI is InChI=1S/C12H12BrNO/c1-8-3-4-12(13)11-6-14-9(7-15-2)5-10(8)11/h3-6H,7H2,1-2H3. The Bertz CT molecular complexity index is 496. The van der Waals surface area contributed by atoms with Crippen LogP contribution in [0.15, 0.2) is 28.9 Å². The van der Waals surface area contributed by atoms with Gasteiger partial charge in [0.05, 0.1) is 12.3 Å². The molecule has 2 rings (SSSR count). The van der Waals surface area contributed by atoms with Crippen LogP contribution in [0.5, 0.6) is 0 Å². The van der Waals surface area contributed by atoms with Gasteiger partial charge in [-0.1, -0.05) is 22.0 Å². The Labute approximate surface area is 97.4 Å². The van der Waals surface area contributed by atoms with Crippen LogP contribution in [0.4, 0.5) is 0 Å². The Balaban J connectivity index is 2.65. The van der Waals surface area contributed by atoms with Crippen LogP contribution in [-0.4, -0.2) is 12.1 Å². The van der Waals surface area contributed by atoms with Crippen LogP contribution in [0.1, 0.15) is 11.3 Å². The summed E-state index contributed by atoms with van der Waals surface area (Å²) in [6.45, 7) is 2.66. The van der Waals surface area contributed by atoms with Crippen molar-refractivity contribution in [2.75, 3.05) is 7.11 Å². The third-order valence-electron chi connectivity index (χ3n) is 2.41. The minimum Gasteiger partial charge on any atom is -0.378 e. The summed E-state index contributed by atoms with van der Waals surface area (Å²) in [4.78, 5) is 4.34. The molecule has 1 aromatic heterocycles. The van der Waals surface area contributed by atoms with E-state index >= 15 is 0 Å². The van der Waals surface area contributed by atoms with E-state index in [1.165, 1.54) is 10.9 Å². The zero-order valence-electron chi connectivity index (χ0n) is 8.75. The zero-order chi connectivity index (χ0) is 10.8. The number of benzene rings is 1. The molecule has 1 aromatic carbocycles. The van der Waals surface area contributed by atoms with Gasteiger partial charge in [-0.25, -0.2) is 0 Å². The van der Waals surface area contributed by atoms with E-state index in [1.807, 2.05) is 6.20 Å². The number of hydrogen-bond donors (Lipinski definition) is 0. The van der Waals surface area contributed by atoms with E-state index in [1.54, 1.807) is 7.11 Å². The minimum atomic E-state index is 0.557. The van der Waals surface area contributed by atoms with Gasteiger partial charge in [0, 0.05) is 23.2 Å². The molecule has 2 nitrogen and oxygen atoms in total. The number of fused-ring (bicyclic) bond motifs is 1. The maximum Gasteiger partial charge on any atom is 0.0884 e. The predicted octanol–water partition coefficient (Wildman–Crippen LogP) is 3.45. The van der Waals surface area contributed by atoms with E-state index in [4.69, 9.17) is 4.74 Å². The van der Waals surface area contributed by atoms with Crippen molar-refractivity contribution in [1.82, 2.24) is 4.98 Å². The molecule has 0 spiro atoms. The molecule has 78 valence electrons. The molecule has 0 atom stereocenters. The summed E-state index contributed by atoms with van der Waals surface area (Å²) in [6.07, 6.45) is 1.89. The molecule has 0 fully saturated rings. The van der Waals surface area contributed by atoms with Crippen molar-refractivity contribution in [2.45, 2.75) is 13.5 Å². The lowest BCUT2D eigenvalue weighted by Gasteiger charge is -2.06. The Morgan fingerprint density at radius 3 is 2.87 bits per heavy atom. The van der Waals surface area contributed by atoms with Gasteiger partial charge in [0.15, 0.2) is 0 Å². The van der Waals surface area contributed by atoms with Gasteiger partial charge in [-0.05, 0) is 30.0 Å². The molecule has 0 aliphatic heterocycles. The normalized spacial score (nSPS) is 10.9. The van der Waals surface area contributed by atoms with Crippen LogP contribution in [0.2, 0.25) is 0 Å². The van der Waals surface area contributed by atoms with Crippen LogP contribution in [0.25, 0.3) is 10.8 Å². The number of ether oxygens (including phenoxy) is 1. The van der Waals surface area contributed by atoms with Crippen LogP contribution in [0, 0.1) is 6.92 Å². The van der Waals surface area contributed by atoms with Crippen molar-refractivity contribution in [3.05, 3.63) is 40.1 Å². The highest BCUT2D eigenvalue weighted by molar-refractivity contribution is 9.10. The van der Waals surface area contributed by atoms with E-state index in [2.05, 4.69) is 46.0 Å². The van der Waals surface area contributed by atoms with Crippen molar-refractivity contribution >= 4 is 26.7 Å². The van der Waals surface area contributed by atoms with Crippen LogP contribution >= 0.6 is 15.9 Å². The average Bonchev–Trinajstić information content (AvgIpc) is 2.24. The number of aromatic nitrogens is 1.